The van der Waals surface area contributed by atoms with Gasteiger partial charge in [-0.3, -0.25) is 9.78 Å². The molecule has 0 aliphatic carbocycles. The second-order valence-corrected chi connectivity index (χ2v) is 3.65. The summed E-state index contributed by atoms with van der Waals surface area (Å²) < 4.78 is 0. The van der Waals surface area contributed by atoms with Crippen LogP contribution < -0.4 is 5.73 Å². The predicted molar refractivity (Wildman–Crippen MR) is 65.2 cm³/mol. The molecule has 0 aliphatic heterocycles. The summed E-state index contributed by atoms with van der Waals surface area (Å²) in [5.41, 5.74) is 6.83. The Bertz CT molecular complexity index is 606. The lowest BCUT2D eigenvalue weighted by molar-refractivity contribution is 0.0696. The first-order valence-corrected chi connectivity index (χ1v) is 5.18. The van der Waals surface area contributed by atoms with E-state index in [0.717, 1.165) is 0 Å². The molecule has 0 fully saturated rings. The molecule has 0 unspecified atom stereocenters. The van der Waals surface area contributed by atoms with Crippen molar-refractivity contribution >= 4 is 11.9 Å². The number of amides is 1. The Kier molecular flexibility index (Phi) is 3.05. The molecule has 1 amide bonds. The van der Waals surface area contributed by atoms with Gasteiger partial charge in [0.2, 0.25) is 0 Å². The van der Waals surface area contributed by atoms with Gasteiger partial charge in [0, 0.05) is 11.8 Å². The van der Waals surface area contributed by atoms with E-state index in [-0.39, 0.29) is 5.56 Å². The molecule has 1 aromatic heterocycles. The van der Waals surface area contributed by atoms with E-state index in [1.165, 1.54) is 12.1 Å². The van der Waals surface area contributed by atoms with Gasteiger partial charge in [-0.25, -0.2) is 4.79 Å². The van der Waals surface area contributed by atoms with Crippen molar-refractivity contribution in [3.63, 3.8) is 0 Å². The fourth-order valence-corrected chi connectivity index (χ4v) is 1.60. The summed E-state index contributed by atoms with van der Waals surface area (Å²) in [5, 5.41) is 8.80. The molecule has 2 rings (SSSR count). The summed E-state index contributed by atoms with van der Waals surface area (Å²) in [5.74, 6) is -1.57. The molecule has 90 valence electrons. The lowest BCUT2D eigenvalue weighted by Gasteiger charge is -2.05. The van der Waals surface area contributed by atoms with E-state index in [9.17, 15) is 9.59 Å². The van der Waals surface area contributed by atoms with Crippen LogP contribution in [0.15, 0.2) is 42.6 Å². The van der Waals surface area contributed by atoms with Crippen LogP contribution in [0.5, 0.6) is 0 Å². The van der Waals surface area contributed by atoms with Crippen LogP contribution in [0.1, 0.15) is 20.7 Å². The second-order valence-electron chi connectivity index (χ2n) is 3.65. The van der Waals surface area contributed by atoms with Crippen LogP contribution in [0.3, 0.4) is 0 Å². The maximum absolute atomic E-state index is 11.3. The molecule has 0 saturated heterocycles. The molecule has 0 aliphatic rings. The van der Waals surface area contributed by atoms with E-state index in [0.29, 0.717) is 16.8 Å². The number of nitrogens with two attached hydrogens (primary N) is 1. The summed E-state index contributed by atoms with van der Waals surface area (Å²) in [6, 6.07) is 9.30. The fourth-order valence-electron chi connectivity index (χ4n) is 1.60. The zero-order chi connectivity index (χ0) is 13.1. The number of carbonyl (C=O) groups excluding carboxylic acids is 1. The van der Waals surface area contributed by atoms with Gasteiger partial charge in [-0.15, -0.1) is 0 Å². The third kappa shape index (κ3) is 2.20. The Morgan fingerprint density at radius 3 is 2.33 bits per heavy atom. The average molecular weight is 242 g/mol. The zero-order valence-electron chi connectivity index (χ0n) is 9.33. The lowest BCUT2D eigenvalue weighted by Crippen LogP contribution is -2.13. The Balaban J connectivity index is 2.49. The Morgan fingerprint density at radius 1 is 1.11 bits per heavy atom. The number of carbonyl (C=O) groups is 2. The van der Waals surface area contributed by atoms with Gasteiger partial charge in [0.1, 0.15) is 0 Å². The fraction of sp³-hybridized carbons (Fsp3) is 0. The van der Waals surface area contributed by atoms with Crippen LogP contribution in [-0.4, -0.2) is 22.0 Å². The molecular formula is C13H10N2O3. The van der Waals surface area contributed by atoms with Gasteiger partial charge < -0.3 is 10.8 Å². The second kappa shape index (κ2) is 4.67. The summed E-state index contributed by atoms with van der Waals surface area (Å²) in [4.78, 5) is 26.1. The SMILES string of the molecule is NC(=O)c1cccnc1-c1ccc(C(=O)O)cc1. The lowest BCUT2D eigenvalue weighted by atomic mass is 10.0. The molecule has 0 spiro atoms. The number of pyridine rings is 1. The summed E-state index contributed by atoms with van der Waals surface area (Å²) in [6.07, 6.45) is 1.55. The highest BCUT2D eigenvalue weighted by molar-refractivity contribution is 5.99. The van der Waals surface area contributed by atoms with Crippen LogP contribution in [0, 0.1) is 0 Å². The highest BCUT2D eigenvalue weighted by atomic mass is 16.4. The number of hydrogen-bond acceptors (Lipinski definition) is 3. The number of aromatic carboxylic acids is 1. The molecular weight excluding hydrogens is 232 g/mol. The van der Waals surface area contributed by atoms with E-state index < -0.39 is 11.9 Å². The third-order valence-electron chi connectivity index (χ3n) is 2.48. The monoisotopic (exact) mass is 242 g/mol. The highest BCUT2D eigenvalue weighted by Crippen LogP contribution is 2.21. The van der Waals surface area contributed by atoms with Crippen LogP contribution in [-0.2, 0) is 0 Å². The molecule has 0 saturated carbocycles. The Hall–Kier alpha value is -2.69. The van der Waals surface area contributed by atoms with Crippen molar-refractivity contribution in [2.45, 2.75) is 0 Å². The highest BCUT2D eigenvalue weighted by Gasteiger charge is 2.11. The van der Waals surface area contributed by atoms with Gasteiger partial charge in [-0.05, 0) is 24.3 Å². The van der Waals surface area contributed by atoms with E-state index in [2.05, 4.69) is 4.98 Å². The van der Waals surface area contributed by atoms with Gasteiger partial charge >= 0.3 is 5.97 Å². The number of carboxylic acids is 1. The van der Waals surface area contributed by atoms with Crippen LogP contribution >= 0.6 is 0 Å². The van der Waals surface area contributed by atoms with E-state index in [1.807, 2.05) is 0 Å². The standard InChI is InChI=1S/C13H10N2O3/c14-12(16)10-2-1-7-15-11(10)8-3-5-9(6-4-8)13(17)18/h1-7H,(H2,14,16)(H,17,18). The summed E-state index contributed by atoms with van der Waals surface area (Å²) in [6.45, 7) is 0. The topological polar surface area (TPSA) is 93.3 Å². The Morgan fingerprint density at radius 2 is 1.78 bits per heavy atom. The third-order valence-corrected chi connectivity index (χ3v) is 2.48. The molecule has 3 N–H and O–H groups in total. The minimum absolute atomic E-state index is 0.176. The first-order chi connectivity index (χ1) is 8.59. The van der Waals surface area contributed by atoms with Crippen molar-refractivity contribution < 1.29 is 14.7 Å². The van der Waals surface area contributed by atoms with Crippen molar-refractivity contribution in [2.75, 3.05) is 0 Å². The normalized spacial score (nSPS) is 10.0. The van der Waals surface area contributed by atoms with Crippen LogP contribution in [0.25, 0.3) is 11.3 Å². The number of rotatable bonds is 3. The number of carboxylic acid groups (broad SMARTS) is 1. The maximum atomic E-state index is 11.3. The minimum atomic E-state index is -1.00. The molecule has 0 bridgehead atoms. The van der Waals surface area contributed by atoms with Gasteiger partial charge in [0.05, 0.1) is 16.8 Å². The molecule has 1 aromatic carbocycles. The molecule has 5 heteroatoms. The Labute approximate surface area is 103 Å². The zero-order valence-corrected chi connectivity index (χ0v) is 9.33. The van der Waals surface area contributed by atoms with Gasteiger partial charge in [-0.2, -0.15) is 0 Å². The predicted octanol–water partition coefficient (Wildman–Crippen LogP) is 1.55. The van der Waals surface area contributed by atoms with Gasteiger partial charge in [0.15, 0.2) is 0 Å². The van der Waals surface area contributed by atoms with Crippen molar-refractivity contribution in [1.29, 1.82) is 0 Å². The first kappa shape index (κ1) is 11.8. The average Bonchev–Trinajstić information content (AvgIpc) is 2.39. The first-order valence-electron chi connectivity index (χ1n) is 5.18. The van der Waals surface area contributed by atoms with E-state index in [4.69, 9.17) is 10.8 Å². The van der Waals surface area contributed by atoms with E-state index >= 15 is 0 Å². The number of benzene rings is 1. The molecule has 2 aromatic rings. The van der Waals surface area contributed by atoms with Crippen molar-refractivity contribution in [1.82, 2.24) is 4.98 Å². The smallest absolute Gasteiger partial charge is 0.335 e. The van der Waals surface area contributed by atoms with E-state index in [1.54, 1.807) is 30.5 Å². The number of primary amides is 1. The number of hydrogen-bond donors (Lipinski definition) is 2. The van der Waals surface area contributed by atoms with Crippen LogP contribution in [0.2, 0.25) is 0 Å². The molecule has 1 heterocycles. The largest absolute Gasteiger partial charge is 0.478 e. The molecule has 0 atom stereocenters. The maximum Gasteiger partial charge on any atom is 0.335 e. The number of aromatic nitrogens is 1. The minimum Gasteiger partial charge on any atom is -0.478 e. The number of nitrogens with zero attached hydrogens (tertiary/aromatic N) is 1. The molecule has 0 radical (unpaired) electrons. The summed E-state index contributed by atoms with van der Waals surface area (Å²) in [7, 11) is 0. The van der Waals surface area contributed by atoms with Crippen LogP contribution in [0.4, 0.5) is 0 Å². The van der Waals surface area contributed by atoms with Gasteiger partial charge in [-0.1, -0.05) is 12.1 Å². The van der Waals surface area contributed by atoms with Gasteiger partial charge in [0.25, 0.3) is 5.91 Å². The van der Waals surface area contributed by atoms with Crippen molar-refractivity contribution in [3.05, 3.63) is 53.7 Å². The molecule has 5 nitrogen and oxygen atoms in total. The van der Waals surface area contributed by atoms with Crippen molar-refractivity contribution in [3.8, 4) is 11.3 Å². The van der Waals surface area contributed by atoms with Crippen molar-refractivity contribution in [2.24, 2.45) is 5.73 Å². The summed E-state index contributed by atoms with van der Waals surface area (Å²) >= 11 is 0. The quantitative estimate of drug-likeness (QED) is 0.853. The molecule has 18 heavy (non-hydrogen) atoms.